The molecule has 0 saturated carbocycles. The molecule has 6 nitrogen and oxygen atoms in total. The molecule has 1 saturated heterocycles. The van der Waals surface area contributed by atoms with Gasteiger partial charge in [-0.2, -0.15) is 0 Å². The van der Waals surface area contributed by atoms with Gasteiger partial charge in [-0.15, -0.1) is 11.3 Å². The fourth-order valence-corrected chi connectivity index (χ4v) is 2.67. The number of amides is 2. The minimum absolute atomic E-state index is 0.0572. The van der Waals surface area contributed by atoms with E-state index < -0.39 is 5.97 Å². The van der Waals surface area contributed by atoms with Crippen LogP contribution in [0.3, 0.4) is 0 Å². The molecular weight excluding hydrogens is 268 g/mol. The van der Waals surface area contributed by atoms with Crippen LogP contribution in [0, 0.1) is 0 Å². The number of hydrogen-bond donors (Lipinski definition) is 2. The first-order chi connectivity index (χ1) is 9.11. The molecule has 7 heteroatoms. The molecule has 2 heterocycles. The van der Waals surface area contributed by atoms with Gasteiger partial charge in [-0.25, -0.2) is 9.59 Å². The first-order valence-electron chi connectivity index (χ1n) is 6.10. The maximum atomic E-state index is 12.1. The van der Waals surface area contributed by atoms with Crippen molar-refractivity contribution in [2.45, 2.75) is 19.4 Å². The van der Waals surface area contributed by atoms with Crippen molar-refractivity contribution in [3.8, 4) is 0 Å². The summed E-state index contributed by atoms with van der Waals surface area (Å²) in [5.41, 5.74) is 0.124. The van der Waals surface area contributed by atoms with Crippen molar-refractivity contribution in [3.63, 3.8) is 0 Å². The van der Waals surface area contributed by atoms with Gasteiger partial charge in [-0.1, -0.05) is 6.92 Å². The maximum absolute atomic E-state index is 12.1. The third-order valence-electron chi connectivity index (χ3n) is 3.00. The number of thiophene rings is 1. The third kappa shape index (κ3) is 3.24. The van der Waals surface area contributed by atoms with E-state index >= 15 is 0 Å². The molecule has 0 spiro atoms. The topological polar surface area (TPSA) is 78.9 Å². The zero-order valence-corrected chi connectivity index (χ0v) is 11.4. The summed E-state index contributed by atoms with van der Waals surface area (Å²) in [5, 5.41) is 13.7. The summed E-state index contributed by atoms with van der Waals surface area (Å²) in [6.07, 6.45) is 0.908. The van der Waals surface area contributed by atoms with Crippen LogP contribution < -0.4 is 5.32 Å². The van der Waals surface area contributed by atoms with Gasteiger partial charge < -0.3 is 14.7 Å². The molecular formula is C12H16N2O4S. The molecule has 1 aromatic rings. The number of carbonyl (C=O) groups excluding carboxylic acids is 1. The van der Waals surface area contributed by atoms with Crippen LogP contribution in [-0.2, 0) is 4.74 Å². The normalized spacial score (nSPS) is 19.2. The zero-order chi connectivity index (χ0) is 13.8. The summed E-state index contributed by atoms with van der Waals surface area (Å²) < 4.78 is 5.49. The predicted octanol–water partition coefficient (Wildman–Crippen LogP) is 2.09. The molecule has 0 aromatic carbocycles. The van der Waals surface area contributed by atoms with Crippen LogP contribution in [-0.4, -0.2) is 47.8 Å². The summed E-state index contributed by atoms with van der Waals surface area (Å²) in [4.78, 5) is 24.7. The lowest BCUT2D eigenvalue weighted by Gasteiger charge is -2.32. The molecule has 19 heavy (non-hydrogen) atoms. The highest BCUT2D eigenvalue weighted by Crippen LogP contribution is 2.23. The molecule has 1 aromatic heterocycles. The van der Waals surface area contributed by atoms with Gasteiger partial charge in [0.05, 0.1) is 18.3 Å². The Kier molecular flexibility index (Phi) is 4.39. The number of anilines is 1. The van der Waals surface area contributed by atoms with Crippen molar-refractivity contribution in [3.05, 3.63) is 17.0 Å². The Morgan fingerprint density at radius 3 is 3.11 bits per heavy atom. The fraction of sp³-hybridized carbons (Fsp3) is 0.500. The highest BCUT2D eigenvalue weighted by molar-refractivity contribution is 7.14. The first kappa shape index (κ1) is 13.8. The standard InChI is InChI=1S/C12H16N2O4S/c1-2-8-7-14(4-5-18-8)12(17)13-10-9(11(15)16)3-6-19-10/h3,6,8H,2,4-5,7H2,1H3,(H,13,17)(H,15,16). The van der Waals surface area contributed by atoms with Gasteiger partial charge in [0.1, 0.15) is 5.00 Å². The second-order valence-corrected chi connectivity index (χ2v) is 5.16. The number of carboxylic acids is 1. The number of nitrogens with zero attached hydrogens (tertiary/aromatic N) is 1. The van der Waals surface area contributed by atoms with Crippen LogP contribution in [0.15, 0.2) is 11.4 Å². The quantitative estimate of drug-likeness (QED) is 0.890. The lowest BCUT2D eigenvalue weighted by molar-refractivity contribution is -0.0134. The molecule has 2 amide bonds. The molecule has 0 radical (unpaired) electrons. The molecule has 1 fully saturated rings. The van der Waals surface area contributed by atoms with Crippen LogP contribution >= 0.6 is 11.3 Å². The van der Waals surface area contributed by atoms with E-state index in [9.17, 15) is 9.59 Å². The van der Waals surface area contributed by atoms with Gasteiger partial charge in [0, 0.05) is 13.1 Å². The Hall–Kier alpha value is -1.60. The Balaban J connectivity index is 2.00. The van der Waals surface area contributed by atoms with Crippen LogP contribution in [0.2, 0.25) is 0 Å². The fourth-order valence-electron chi connectivity index (χ4n) is 1.90. The average molecular weight is 284 g/mol. The van der Waals surface area contributed by atoms with E-state index in [2.05, 4.69) is 5.32 Å². The Labute approximate surface area is 115 Å². The third-order valence-corrected chi connectivity index (χ3v) is 3.83. The van der Waals surface area contributed by atoms with Crippen molar-refractivity contribution < 1.29 is 19.4 Å². The summed E-state index contributed by atoms with van der Waals surface area (Å²) >= 11 is 1.21. The number of aromatic carboxylic acids is 1. The van der Waals surface area contributed by atoms with E-state index in [-0.39, 0.29) is 17.7 Å². The average Bonchev–Trinajstić information content (AvgIpc) is 2.87. The predicted molar refractivity (Wildman–Crippen MR) is 71.9 cm³/mol. The highest BCUT2D eigenvalue weighted by Gasteiger charge is 2.24. The van der Waals surface area contributed by atoms with E-state index in [1.807, 2.05) is 6.92 Å². The highest BCUT2D eigenvalue weighted by atomic mass is 32.1. The van der Waals surface area contributed by atoms with E-state index in [4.69, 9.17) is 9.84 Å². The lowest BCUT2D eigenvalue weighted by Crippen LogP contribution is -2.47. The summed E-state index contributed by atoms with van der Waals surface area (Å²) in [7, 11) is 0. The number of ether oxygens (including phenoxy) is 1. The molecule has 1 atom stereocenters. The van der Waals surface area contributed by atoms with Gasteiger partial charge in [-0.3, -0.25) is 5.32 Å². The molecule has 1 unspecified atom stereocenters. The SMILES string of the molecule is CCC1CN(C(=O)Nc2sccc2C(=O)O)CCO1. The van der Waals surface area contributed by atoms with Gasteiger partial charge in [0.15, 0.2) is 0 Å². The second kappa shape index (κ2) is 6.03. The van der Waals surface area contributed by atoms with Gasteiger partial charge in [-0.05, 0) is 17.9 Å². The summed E-state index contributed by atoms with van der Waals surface area (Å²) in [6, 6.07) is 1.21. The van der Waals surface area contributed by atoms with Crippen molar-refractivity contribution in [1.29, 1.82) is 0 Å². The first-order valence-corrected chi connectivity index (χ1v) is 6.98. The number of morpholine rings is 1. The van der Waals surface area contributed by atoms with Crippen LogP contribution in [0.4, 0.5) is 9.80 Å². The van der Waals surface area contributed by atoms with Gasteiger partial charge >= 0.3 is 12.0 Å². The van der Waals surface area contributed by atoms with E-state index in [1.54, 1.807) is 10.3 Å². The van der Waals surface area contributed by atoms with Crippen molar-refractivity contribution in [2.75, 3.05) is 25.0 Å². The Morgan fingerprint density at radius 2 is 2.42 bits per heavy atom. The largest absolute Gasteiger partial charge is 0.478 e. The molecule has 0 aliphatic carbocycles. The minimum Gasteiger partial charge on any atom is -0.478 e. The molecule has 104 valence electrons. The number of hydrogen-bond acceptors (Lipinski definition) is 4. The van der Waals surface area contributed by atoms with Crippen molar-refractivity contribution in [1.82, 2.24) is 4.90 Å². The lowest BCUT2D eigenvalue weighted by atomic mass is 10.2. The molecule has 2 rings (SSSR count). The van der Waals surface area contributed by atoms with Crippen LogP contribution in [0.25, 0.3) is 0 Å². The Bertz CT molecular complexity index is 474. The maximum Gasteiger partial charge on any atom is 0.338 e. The zero-order valence-electron chi connectivity index (χ0n) is 10.6. The monoisotopic (exact) mass is 284 g/mol. The van der Waals surface area contributed by atoms with E-state index in [0.29, 0.717) is 24.7 Å². The minimum atomic E-state index is -1.04. The Morgan fingerprint density at radius 1 is 1.63 bits per heavy atom. The molecule has 2 N–H and O–H groups in total. The smallest absolute Gasteiger partial charge is 0.338 e. The number of rotatable bonds is 3. The van der Waals surface area contributed by atoms with Crippen molar-refractivity contribution >= 4 is 28.3 Å². The summed E-state index contributed by atoms with van der Waals surface area (Å²) in [6.45, 7) is 3.59. The van der Waals surface area contributed by atoms with Gasteiger partial charge in [0.2, 0.25) is 0 Å². The van der Waals surface area contributed by atoms with E-state index in [1.165, 1.54) is 17.4 Å². The molecule has 1 aliphatic rings. The van der Waals surface area contributed by atoms with Gasteiger partial charge in [0.25, 0.3) is 0 Å². The van der Waals surface area contributed by atoms with E-state index in [0.717, 1.165) is 6.42 Å². The second-order valence-electron chi connectivity index (χ2n) is 4.25. The molecule has 1 aliphatic heterocycles. The number of nitrogens with one attached hydrogen (secondary N) is 1. The number of urea groups is 1. The van der Waals surface area contributed by atoms with Crippen LogP contribution in [0.1, 0.15) is 23.7 Å². The summed E-state index contributed by atoms with van der Waals surface area (Å²) in [5.74, 6) is -1.04. The van der Waals surface area contributed by atoms with Crippen LogP contribution in [0.5, 0.6) is 0 Å². The number of carbonyl (C=O) groups is 2. The van der Waals surface area contributed by atoms with Crippen molar-refractivity contribution in [2.24, 2.45) is 0 Å². The molecule has 0 bridgehead atoms. The number of carboxylic acid groups (broad SMARTS) is 1.